The van der Waals surface area contributed by atoms with Gasteiger partial charge in [0.2, 0.25) is 0 Å². The van der Waals surface area contributed by atoms with Gasteiger partial charge < -0.3 is 5.32 Å². The lowest BCUT2D eigenvalue weighted by Gasteiger charge is -2.13. The smallest absolute Gasteiger partial charge is 0.0426 e. The Balaban J connectivity index is 1.74. The molecule has 1 aliphatic carbocycles. The molecule has 0 radical (unpaired) electrons. The van der Waals surface area contributed by atoms with Gasteiger partial charge in [-0.05, 0) is 42.2 Å². The van der Waals surface area contributed by atoms with Crippen LogP contribution in [0.2, 0.25) is 5.02 Å². The molecule has 2 heteroatoms. The number of benzene rings is 2. The van der Waals surface area contributed by atoms with E-state index in [1.54, 1.807) is 0 Å². The van der Waals surface area contributed by atoms with Crippen molar-refractivity contribution in [2.75, 3.05) is 5.32 Å². The van der Waals surface area contributed by atoms with Crippen LogP contribution in [-0.4, -0.2) is 6.04 Å². The molecule has 0 spiro atoms. The first-order chi connectivity index (χ1) is 8.31. The van der Waals surface area contributed by atoms with Crippen LogP contribution < -0.4 is 5.32 Å². The monoisotopic (exact) mass is 243 g/mol. The van der Waals surface area contributed by atoms with Crippen LogP contribution in [0.4, 0.5) is 5.69 Å². The Morgan fingerprint density at radius 2 is 1.65 bits per heavy atom. The van der Waals surface area contributed by atoms with Gasteiger partial charge in [0.05, 0.1) is 0 Å². The van der Waals surface area contributed by atoms with Gasteiger partial charge in [-0.3, -0.25) is 0 Å². The van der Waals surface area contributed by atoms with E-state index in [4.69, 9.17) is 11.6 Å². The molecule has 1 N–H and O–H groups in total. The lowest BCUT2D eigenvalue weighted by Crippen LogP contribution is -2.19. The van der Waals surface area contributed by atoms with E-state index in [0.29, 0.717) is 6.04 Å². The molecule has 1 nitrogen and oxygen atoms in total. The van der Waals surface area contributed by atoms with Crippen molar-refractivity contribution in [2.45, 2.75) is 18.9 Å². The Morgan fingerprint density at radius 3 is 2.29 bits per heavy atom. The van der Waals surface area contributed by atoms with E-state index in [1.165, 1.54) is 11.1 Å². The van der Waals surface area contributed by atoms with Gasteiger partial charge in [-0.25, -0.2) is 0 Å². The molecule has 2 aromatic rings. The second-order valence-electron chi connectivity index (χ2n) is 4.53. The van der Waals surface area contributed by atoms with Gasteiger partial charge in [-0.1, -0.05) is 41.9 Å². The molecule has 0 amide bonds. The fourth-order valence-corrected chi connectivity index (χ4v) is 2.67. The largest absolute Gasteiger partial charge is 0.382 e. The molecule has 0 unspecified atom stereocenters. The third-order valence-electron chi connectivity index (χ3n) is 3.25. The van der Waals surface area contributed by atoms with Crippen molar-refractivity contribution >= 4 is 17.3 Å². The molecule has 0 bridgehead atoms. The van der Waals surface area contributed by atoms with Crippen molar-refractivity contribution in [3.8, 4) is 0 Å². The molecule has 0 atom stereocenters. The number of halogens is 1. The molecule has 0 fully saturated rings. The van der Waals surface area contributed by atoms with E-state index in [1.807, 2.05) is 18.2 Å². The maximum atomic E-state index is 5.98. The fraction of sp³-hybridized carbons (Fsp3) is 0.200. The Morgan fingerprint density at radius 1 is 0.941 bits per heavy atom. The molecule has 1 aliphatic rings. The molecule has 0 saturated carbocycles. The molecule has 2 aromatic carbocycles. The molecular formula is C15H14ClN. The van der Waals surface area contributed by atoms with Gasteiger partial charge in [0.25, 0.3) is 0 Å². The van der Waals surface area contributed by atoms with Gasteiger partial charge in [-0.2, -0.15) is 0 Å². The summed E-state index contributed by atoms with van der Waals surface area (Å²) in [6.07, 6.45) is 2.20. The number of rotatable bonds is 2. The predicted molar refractivity (Wildman–Crippen MR) is 72.7 cm³/mol. The van der Waals surface area contributed by atoms with Crippen LogP contribution in [0.3, 0.4) is 0 Å². The van der Waals surface area contributed by atoms with Crippen LogP contribution in [0.1, 0.15) is 11.1 Å². The van der Waals surface area contributed by atoms with Gasteiger partial charge >= 0.3 is 0 Å². The van der Waals surface area contributed by atoms with Crippen LogP contribution in [-0.2, 0) is 12.8 Å². The van der Waals surface area contributed by atoms with Crippen molar-refractivity contribution in [1.29, 1.82) is 0 Å². The first-order valence-electron chi connectivity index (χ1n) is 5.90. The summed E-state index contributed by atoms with van der Waals surface area (Å²) in [7, 11) is 0. The summed E-state index contributed by atoms with van der Waals surface area (Å²) >= 11 is 5.98. The highest BCUT2D eigenvalue weighted by atomic mass is 35.5. The van der Waals surface area contributed by atoms with Crippen molar-refractivity contribution < 1.29 is 0 Å². The number of hydrogen-bond acceptors (Lipinski definition) is 1. The first kappa shape index (κ1) is 10.7. The Hall–Kier alpha value is -1.47. The average molecular weight is 244 g/mol. The van der Waals surface area contributed by atoms with Crippen molar-refractivity contribution in [1.82, 2.24) is 0 Å². The maximum Gasteiger partial charge on any atom is 0.0426 e. The number of hydrogen-bond donors (Lipinski definition) is 1. The lowest BCUT2D eigenvalue weighted by atomic mass is 10.1. The highest BCUT2D eigenvalue weighted by Gasteiger charge is 2.20. The highest BCUT2D eigenvalue weighted by Crippen LogP contribution is 2.25. The molecule has 17 heavy (non-hydrogen) atoms. The fourth-order valence-electron chi connectivity index (χ4n) is 2.47. The third-order valence-corrected chi connectivity index (χ3v) is 3.48. The molecule has 3 rings (SSSR count). The van der Waals surface area contributed by atoms with E-state index in [-0.39, 0.29) is 0 Å². The zero-order valence-electron chi connectivity index (χ0n) is 9.49. The standard InChI is InChI=1S/C15H14ClN/c16-13-6-3-7-14(10-13)17-15-8-11-4-1-2-5-12(11)9-15/h1-7,10,15,17H,8-9H2. The molecule has 0 saturated heterocycles. The van der Waals surface area contributed by atoms with Crippen LogP contribution in [0.5, 0.6) is 0 Å². The van der Waals surface area contributed by atoms with Gasteiger partial charge in [0, 0.05) is 16.8 Å². The Labute approximate surface area is 106 Å². The van der Waals surface area contributed by atoms with E-state index in [2.05, 4.69) is 35.6 Å². The minimum absolute atomic E-state index is 0.492. The summed E-state index contributed by atoms with van der Waals surface area (Å²) in [4.78, 5) is 0. The zero-order chi connectivity index (χ0) is 11.7. The van der Waals surface area contributed by atoms with E-state index < -0.39 is 0 Å². The molecule has 0 heterocycles. The maximum absolute atomic E-state index is 5.98. The van der Waals surface area contributed by atoms with E-state index in [9.17, 15) is 0 Å². The first-order valence-corrected chi connectivity index (χ1v) is 6.28. The van der Waals surface area contributed by atoms with Crippen LogP contribution >= 0.6 is 11.6 Å². The minimum Gasteiger partial charge on any atom is -0.382 e. The summed E-state index contributed by atoms with van der Waals surface area (Å²) in [6, 6.07) is 17.1. The quantitative estimate of drug-likeness (QED) is 0.843. The molecular weight excluding hydrogens is 230 g/mol. The molecule has 0 aliphatic heterocycles. The molecule has 86 valence electrons. The second-order valence-corrected chi connectivity index (χ2v) is 4.97. The Bertz CT molecular complexity index is 511. The Kier molecular flexibility index (Phi) is 2.77. The summed E-state index contributed by atoms with van der Waals surface area (Å²) in [5.41, 5.74) is 4.04. The summed E-state index contributed by atoms with van der Waals surface area (Å²) in [5.74, 6) is 0. The van der Waals surface area contributed by atoms with Gasteiger partial charge in [0.15, 0.2) is 0 Å². The minimum atomic E-state index is 0.492. The highest BCUT2D eigenvalue weighted by molar-refractivity contribution is 6.30. The van der Waals surface area contributed by atoms with Crippen LogP contribution in [0.15, 0.2) is 48.5 Å². The number of fused-ring (bicyclic) bond motifs is 1. The van der Waals surface area contributed by atoms with E-state index in [0.717, 1.165) is 23.6 Å². The third kappa shape index (κ3) is 2.29. The number of nitrogens with one attached hydrogen (secondary N) is 1. The molecule has 0 aromatic heterocycles. The summed E-state index contributed by atoms with van der Waals surface area (Å²) in [6.45, 7) is 0. The summed E-state index contributed by atoms with van der Waals surface area (Å²) in [5, 5.41) is 4.33. The van der Waals surface area contributed by atoms with Crippen LogP contribution in [0, 0.1) is 0 Å². The lowest BCUT2D eigenvalue weighted by molar-refractivity contribution is 0.774. The van der Waals surface area contributed by atoms with Crippen molar-refractivity contribution in [3.05, 3.63) is 64.7 Å². The van der Waals surface area contributed by atoms with Crippen molar-refractivity contribution in [2.24, 2.45) is 0 Å². The van der Waals surface area contributed by atoms with Gasteiger partial charge in [-0.15, -0.1) is 0 Å². The average Bonchev–Trinajstić information content (AvgIpc) is 2.71. The normalized spacial score (nSPS) is 14.6. The predicted octanol–water partition coefficient (Wildman–Crippen LogP) is 3.92. The summed E-state index contributed by atoms with van der Waals surface area (Å²) < 4.78 is 0. The van der Waals surface area contributed by atoms with Gasteiger partial charge in [0.1, 0.15) is 0 Å². The van der Waals surface area contributed by atoms with Crippen molar-refractivity contribution in [3.63, 3.8) is 0 Å². The SMILES string of the molecule is Clc1cccc(NC2Cc3ccccc3C2)c1. The van der Waals surface area contributed by atoms with Crippen LogP contribution in [0.25, 0.3) is 0 Å². The zero-order valence-corrected chi connectivity index (χ0v) is 10.2. The second kappa shape index (κ2) is 4.42. The number of anilines is 1. The topological polar surface area (TPSA) is 12.0 Å². The van der Waals surface area contributed by atoms with E-state index >= 15 is 0 Å².